The zero-order valence-corrected chi connectivity index (χ0v) is 22.9. The topological polar surface area (TPSA) is 89.1 Å². The number of hydrogen-bond acceptors (Lipinski definition) is 5. The van der Waals surface area contributed by atoms with E-state index in [1.165, 1.54) is 30.4 Å². The second kappa shape index (κ2) is 11.1. The number of carboxylic acid groups (broad SMARTS) is 1. The maximum Gasteiger partial charge on any atom is 0.307 e. The van der Waals surface area contributed by atoms with Crippen molar-refractivity contribution in [3.8, 4) is 0 Å². The minimum absolute atomic E-state index is 0.307. The Labute approximate surface area is 224 Å². The first kappa shape index (κ1) is 26.1. The molecule has 1 N–H and O–H groups in total. The summed E-state index contributed by atoms with van der Waals surface area (Å²) in [5.41, 5.74) is 7.15. The molecule has 0 amide bonds. The average molecular weight is 515 g/mol. The van der Waals surface area contributed by atoms with Crippen LogP contribution in [0.5, 0.6) is 0 Å². The molecule has 4 aromatic rings. The van der Waals surface area contributed by atoms with Crippen molar-refractivity contribution in [3.63, 3.8) is 0 Å². The molecule has 38 heavy (non-hydrogen) atoms. The van der Waals surface area contributed by atoms with Crippen LogP contribution in [-0.4, -0.2) is 53.6 Å². The Bertz CT molecular complexity index is 1430. The summed E-state index contributed by atoms with van der Waals surface area (Å²) in [7, 11) is 0. The molecule has 0 radical (unpaired) electrons. The Morgan fingerprint density at radius 2 is 1.87 bits per heavy atom. The smallest absolute Gasteiger partial charge is 0.307 e. The molecule has 3 heterocycles. The molecular weight excluding hydrogens is 476 g/mol. The summed E-state index contributed by atoms with van der Waals surface area (Å²) >= 11 is 0. The second-order valence-corrected chi connectivity index (χ2v) is 10.7. The number of nitrogens with zero attached hydrogens (tertiary/aromatic N) is 6. The summed E-state index contributed by atoms with van der Waals surface area (Å²) in [6.45, 7) is 12.6. The van der Waals surface area contributed by atoms with Gasteiger partial charge in [0, 0.05) is 31.4 Å². The molecule has 1 aliphatic rings. The molecule has 1 fully saturated rings. The lowest BCUT2D eigenvalue weighted by molar-refractivity contribution is -0.141. The van der Waals surface area contributed by atoms with Gasteiger partial charge in [0.2, 0.25) is 0 Å². The lowest BCUT2D eigenvalue weighted by Gasteiger charge is -2.26. The molecule has 200 valence electrons. The van der Waals surface area contributed by atoms with Crippen LogP contribution in [0.15, 0.2) is 42.7 Å². The lowest BCUT2D eigenvalue weighted by atomic mass is 9.79. The third-order valence-electron chi connectivity index (χ3n) is 8.19. The van der Waals surface area contributed by atoms with Gasteiger partial charge >= 0.3 is 5.97 Å². The molecule has 0 spiro atoms. The SMILES string of the molecule is CCn1nnc2c(C)c(C(c3ccc(C)c(Cn4ccnc4CN4CCCCC4)c3)C(C)C(=O)O)ccc21. The third kappa shape index (κ3) is 5.10. The van der Waals surface area contributed by atoms with E-state index in [2.05, 4.69) is 62.1 Å². The molecule has 1 saturated heterocycles. The molecule has 1 aliphatic heterocycles. The van der Waals surface area contributed by atoms with E-state index in [1.54, 1.807) is 6.92 Å². The predicted molar refractivity (Wildman–Crippen MR) is 148 cm³/mol. The quantitative estimate of drug-likeness (QED) is 0.332. The molecule has 0 saturated carbocycles. The number of carbonyl (C=O) groups is 1. The molecule has 0 aliphatic carbocycles. The van der Waals surface area contributed by atoms with Gasteiger partial charge in [0.05, 0.1) is 18.0 Å². The first-order valence-corrected chi connectivity index (χ1v) is 13.7. The Balaban J connectivity index is 1.50. The fourth-order valence-corrected chi connectivity index (χ4v) is 5.83. The molecule has 8 nitrogen and oxygen atoms in total. The molecular formula is C30H38N6O2. The number of imidazole rings is 1. The summed E-state index contributed by atoms with van der Waals surface area (Å²) in [4.78, 5) is 19.5. The predicted octanol–water partition coefficient (Wildman–Crippen LogP) is 5.15. The van der Waals surface area contributed by atoms with Crippen molar-refractivity contribution in [3.05, 3.63) is 76.4 Å². The highest BCUT2D eigenvalue weighted by Crippen LogP contribution is 2.37. The Hall–Kier alpha value is -3.52. The van der Waals surface area contributed by atoms with Crippen molar-refractivity contribution in [2.45, 2.75) is 72.5 Å². The Kier molecular flexibility index (Phi) is 7.61. The number of benzene rings is 2. The highest BCUT2D eigenvalue weighted by Gasteiger charge is 2.30. The van der Waals surface area contributed by atoms with E-state index in [9.17, 15) is 9.90 Å². The summed E-state index contributed by atoms with van der Waals surface area (Å²) in [5.74, 6) is -0.649. The van der Waals surface area contributed by atoms with E-state index in [4.69, 9.17) is 0 Å². The molecule has 0 bridgehead atoms. The number of aryl methyl sites for hydroxylation is 3. The number of piperidine rings is 1. The zero-order chi connectivity index (χ0) is 26.8. The van der Waals surface area contributed by atoms with Gasteiger partial charge in [-0.3, -0.25) is 9.69 Å². The fraction of sp³-hybridized carbons (Fsp3) is 0.467. The average Bonchev–Trinajstić information content (AvgIpc) is 3.54. The fourth-order valence-electron chi connectivity index (χ4n) is 5.83. The van der Waals surface area contributed by atoms with Crippen LogP contribution in [0.3, 0.4) is 0 Å². The number of hydrogen-bond donors (Lipinski definition) is 1. The van der Waals surface area contributed by atoms with Gasteiger partial charge in [0.15, 0.2) is 0 Å². The van der Waals surface area contributed by atoms with E-state index < -0.39 is 11.9 Å². The van der Waals surface area contributed by atoms with Gasteiger partial charge < -0.3 is 9.67 Å². The van der Waals surface area contributed by atoms with Gasteiger partial charge in [0.1, 0.15) is 11.3 Å². The molecule has 5 rings (SSSR count). The molecule has 2 aromatic heterocycles. The van der Waals surface area contributed by atoms with E-state index in [0.29, 0.717) is 6.54 Å². The van der Waals surface area contributed by atoms with Crippen LogP contribution in [0.4, 0.5) is 0 Å². The summed E-state index contributed by atoms with van der Waals surface area (Å²) in [6, 6.07) is 10.5. The highest BCUT2D eigenvalue weighted by molar-refractivity contribution is 5.81. The van der Waals surface area contributed by atoms with Crippen LogP contribution in [0, 0.1) is 19.8 Å². The van der Waals surface area contributed by atoms with Gasteiger partial charge in [-0.05, 0) is 80.6 Å². The first-order valence-electron chi connectivity index (χ1n) is 13.7. The summed E-state index contributed by atoms with van der Waals surface area (Å²) < 4.78 is 4.11. The summed E-state index contributed by atoms with van der Waals surface area (Å²) in [6.07, 6.45) is 7.76. The van der Waals surface area contributed by atoms with Gasteiger partial charge in [-0.25, -0.2) is 9.67 Å². The van der Waals surface area contributed by atoms with Gasteiger partial charge in [-0.15, -0.1) is 5.10 Å². The van der Waals surface area contributed by atoms with Crippen LogP contribution in [0.2, 0.25) is 0 Å². The maximum atomic E-state index is 12.3. The first-order chi connectivity index (χ1) is 18.4. The minimum Gasteiger partial charge on any atom is -0.481 e. The molecule has 8 heteroatoms. The summed E-state index contributed by atoms with van der Waals surface area (Å²) in [5, 5.41) is 18.8. The van der Waals surface area contributed by atoms with Crippen molar-refractivity contribution in [2.75, 3.05) is 13.1 Å². The van der Waals surface area contributed by atoms with Crippen molar-refractivity contribution < 1.29 is 9.90 Å². The van der Waals surface area contributed by atoms with Crippen LogP contribution in [-0.2, 0) is 24.4 Å². The van der Waals surface area contributed by atoms with Crippen molar-refractivity contribution >= 4 is 17.0 Å². The molecule has 2 unspecified atom stereocenters. The second-order valence-electron chi connectivity index (χ2n) is 10.7. The number of likely N-dealkylation sites (tertiary alicyclic amines) is 1. The Morgan fingerprint density at radius 3 is 2.61 bits per heavy atom. The number of rotatable bonds is 9. The lowest BCUT2D eigenvalue weighted by Crippen LogP contribution is -2.30. The van der Waals surface area contributed by atoms with Crippen LogP contribution >= 0.6 is 0 Å². The zero-order valence-electron chi connectivity index (χ0n) is 22.9. The van der Waals surface area contributed by atoms with Crippen LogP contribution in [0.25, 0.3) is 11.0 Å². The largest absolute Gasteiger partial charge is 0.481 e. The van der Waals surface area contributed by atoms with Gasteiger partial charge in [-0.2, -0.15) is 0 Å². The normalized spacial score (nSPS) is 16.1. The maximum absolute atomic E-state index is 12.3. The van der Waals surface area contributed by atoms with Crippen molar-refractivity contribution in [1.29, 1.82) is 0 Å². The van der Waals surface area contributed by atoms with Crippen LogP contribution < -0.4 is 0 Å². The Morgan fingerprint density at radius 1 is 1.08 bits per heavy atom. The molecule has 2 aromatic carbocycles. The van der Waals surface area contributed by atoms with Crippen molar-refractivity contribution in [2.24, 2.45) is 5.92 Å². The van der Waals surface area contributed by atoms with Crippen LogP contribution in [0.1, 0.15) is 72.7 Å². The monoisotopic (exact) mass is 514 g/mol. The number of aliphatic carboxylic acids is 1. The van der Waals surface area contributed by atoms with E-state index in [0.717, 1.165) is 59.7 Å². The minimum atomic E-state index is -0.813. The van der Waals surface area contributed by atoms with E-state index in [-0.39, 0.29) is 5.92 Å². The van der Waals surface area contributed by atoms with E-state index in [1.807, 2.05) is 30.8 Å². The van der Waals surface area contributed by atoms with E-state index >= 15 is 0 Å². The number of fused-ring (bicyclic) bond motifs is 1. The van der Waals surface area contributed by atoms with Gasteiger partial charge in [-0.1, -0.05) is 42.8 Å². The number of carboxylic acids is 1. The van der Waals surface area contributed by atoms with Crippen molar-refractivity contribution in [1.82, 2.24) is 29.4 Å². The standard InChI is InChI=1S/C30H38N6O2/c1-5-36-26-12-11-25(21(3)29(26)32-33-36)28(22(4)30(37)38)23-10-9-20(2)24(17-23)18-35-16-13-31-27(35)19-34-14-7-6-8-15-34/h9-13,16-17,22,28H,5-8,14-15,18-19H2,1-4H3,(H,37,38). The molecule has 2 atom stereocenters. The number of aromatic nitrogens is 5. The highest BCUT2D eigenvalue weighted by atomic mass is 16.4. The van der Waals surface area contributed by atoms with Gasteiger partial charge in [0.25, 0.3) is 0 Å². The third-order valence-corrected chi connectivity index (χ3v) is 8.19.